The van der Waals surface area contributed by atoms with Crippen LogP contribution in [0.15, 0.2) is 48.5 Å². The van der Waals surface area contributed by atoms with E-state index in [1.165, 1.54) is 70.6 Å². The monoisotopic (exact) mass is 798 g/mol. The number of rotatable bonds is 31. The van der Waals surface area contributed by atoms with Crippen molar-refractivity contribution in [2.75, 3.05) is 31.3 Å². The van der Waals surface area contributed by atoms with Crippen molar-refractivity contribution < 1.29 is 33.8 Å². The molecule has 1 unspecified atom stereocenters. The molecule has 0 fully saturated rings. The maximum Gasteiger partial charge on any atom is 0.407 e. The van der Waals surface area contributed by atoms with Crippen molar-refractivity contribution in [3.8, 4) is 11.1 Å². The van der Waals surface area contributed by atoms with Gasteiger partial charge >= 0.3 is 18.0 Å². The molecular weight excluding hydrogens is 733 g/mol. The summed E-state index contributed by atoms with van der Waals surface area (Å²) in [4.78, 5) is 49.1. The number of hydrogen-bond acceptors (Lipinski definition) is 8. The Hall–Kier alpha value is -3.18. The molecule has 2 aromatic rings. The second-order valence-corrected chi connectivity index (χ2v) is 17.3. The van der Waals surface area contributed by atoms with Crippen molar-refractivity contribution in [3.05, 3.63) is 59.7 Å². The van der Waals surface area contributed by atoms with Crippen molar-refractivity contribution in [3.63, 3.8) is 0 Å². The molecule has 1 aliphatic rings. The summed E-state index contributed by atoms with van der Waals surface area (Å²) in [6.45, 7) is 5.21. The maximum atomic E-state index is 13.4. The molecule has 1 aliphatic carbocycles. The van der Waals surface area contributed by atoms with Crippen LogP contribution in [0.5, 0.6) is 0 Å². The third-order valence-electron chi connectivity index (χ3n) is 10.3. The summed E-state index contributed by atoms with van der Waals surface area (Å²) >= 11 is 0. The van der Waals surface area contributed by atoms with E-state index in [2.05, 4.69) is 41.8 Å². The number of aliphatic carboxylic acids is 1. The average Bonchev–Trinajstić information content (AvgIpc) is 3.51. The van der Waals surface area contributed by atoms with Crippen LogP contribution in [-0.4, -0.2) is 66.4 Å². The molecule has 0 radical (unpaired) electrons. The Bertz CT molecular complexity index is 1380. The van der Waals surface area contributed by atoms with Crippen LogP contribution in [-0.2, 0) is 23.9 Å². The zero-order valence-corrected chi connectivity index (χ0v) is 35.0. The molecule has 2 atom stereocenters. The zero-order valence-electron chi connectivity index (χ0n) is 33.3. The van der Waals surface area contributed by atoms with E-state index in [0.717, 1.165) is 60.1 Å². The van der Waals surface area contributed by atoms with Gasteiger partial charge in [0.2, 0.25) is 5.91 Å². The van der Waals surface area contributed by atoms with Gasteiger partial charge in [-0.05, 0) is 47.4 Å². The molecule has 0 bridgehead atoms. The second kappa shape index (κ2) is 28.3. The fourth-order valence-corrected chi connectivity index (χ4v) is 9.24. The van der Waals surface area contributed by atoms with Gasteiger partial charge in [-0.2, -0.15) is 0 Å². The van der Waals surface area contributed by atoms with Gasteiger partial charge < -0.3 is 25.2 Å². The van der Waals surface area contributed by atoms with Gasteiger partial charge in [0.1, 0.15) is 12.6 Å². The topological polar surface area (TPSA) is 131 Å². The normalized spacial score (nSPS) is 13.1. The number of hydrogen-bond donors (Lipinski definition) is 3. The van der Waals surface area contributed by atoms with Crippen molar-refractivity contribution in [2.45, 2.75) is 141 Å². The van der Waals surface area contributed by atoms with Crippen molar-refractivity contribution in [2.24, 2.45) is 5.92 Å². The van der Waals surface area contributed by atoms with Crippen LogP contribution >= 0.6 is 21.6 Å². The first-order valence-electron chi connectivity index (χ1n) is 20.8. The lowest BCUT2D eigenvalue weighted by Gasteiger charge is -2.20. The van der Waals surface area contributed by atoms with Gasteiger partial charge in [0.25, 0.3) is 0 Å². The first-order valence-corrected chi connectivity index (χ1v) is 23.3. The van der Waals surface area contributed by atoms with Gasteiger partial charge in [-0.25, -0.2) is 4.79 Å². The summed E-state index contributed by atoms with van der Waals surface area (Å²) in [5, 5.41) is 14.6. The van der Waals surface area contributed by atoms with Crippen LogP contribution in [0.1, 0.15) is 146 Å². The molecule has 0 saturated carbocycles. The number of carbonyl (C=O) groups is 4. The van der Waals surface area contributed by atoms with Gasteiger partial charge in [-0.15, -0.1) is 0 Å². The Morgan fingerprint density at radius 2 is 1.33 bits per heavy atom. The molecule has 0 heterocycles. The Kier molecular flexibility index (Phi) is 23.7. The molecule has 306 valence electrons. The van der Waals surface area contributed by atoms with Gasteiger partial charge in [-0.1, -0.05) is 167 Å². The summed E-state index contributed by atoms with van der Waals surface area (Å²) in [5.41, 5.74) is 4.59. The van der Waals surface area contributed by atoms with E-state index in [-0.39, 0.29) is 43.8 Å². The van der Waals surface area contributed by atoms with Crippen LogP contribution in [0.2, 0.25) is 0 Å². The predicted molar refractivity (Wildman–Crippen MR) is 226 cm³/mol. The average molecular weight is 799 g/mol. The molecule has 0 aliphatic heterocycles. The number of ether oxygens (including phenoxy) is 2. The maximum absolute atomic E-state index is 13.4. The van der Waals surface area contributed by atoms with Crippen LogP contribution < -0.4 is 10.6 Å². The number of esters is 1. The van der Waals surface area contributed by atoms with Crippen LogP contribution in [0.3, 0.4) is 0 Å². The van der Waals surface area contributed by atoms with E-state index >= 15 is 0 Å². The molecule has 2 aromatic carbocycles. The van der Waals surface area contributed by atoms with Gasteiger partial charge in [0, 0.05) is 24.0 Å². The number of alkyl carbamates (subject to hydrolysis) is 1. The minimum Gasteiger partial charge on any atom is -0.481 e. The third kappa shape index (κ3) is 18.5. The van der Waals surface area contributed by atoms with Crippen LogP contribution in [0.25, 0.3) is 11.1 Å². The molecular formula is C44H66N2O7S2. The van der Waals surface area contributed by atoms with Crippen molar-refractivity contribution in [1.29, 1.82) is 0 Å². The minimum absolute atomic E-state index is 0.0638. The smallest absolute Gasteiger partial charge is 0.407 e. The highest BCUT2D eigenvalue weighted by molar-refractivity contribution is 8.76. The number of nitrogens with one attached hydrogen (secondary N) is 2. The summed E-state index contributed by atoms with van der Waals surface area (Å²) in [7, 11) is 3.37. The lowest BCUT2D eigenvalue weighted by Crippen LogP contribution is -2.48. The number of fused-ring (bicyclic) bond motifs is 3. The second-order valence-electron chi connectivity index (χ2n) is 14.7. The molecule has 0 aromatic heterocycles. The Labute approximate surface area is 338 Å². The summed E-state index contributed by atoms with van der Waals surface area (Å²) in [5.74, 6) is -0.190. The number of unbranched alkanes of at least 4 members (excludes halogenated alkanes) is 12. The van der Waals surface area contributed by atoms with Gasteiger partial charge in [-0.3, -0.25) is 14.4 Å². The lowest BCUT2D eigenvalue weighted by molar-refractivity contribution is -0.148. The molecule has 0 saturated heterocycles. The summed E-state index contributed by atoms with van der Waals surface area (Å²) < 4.78 is 11.1. The van der Waals surface area contributed by atoms with Crippen LogP contribution in [0.4, 0.5) is 4.79 Å². The Morgan fingerprint density at radius 3 is 1.93 bits per heavy atom. The molecule has 9 nitrogen and oxygen atoms in total. The quantitative estimate of drug-likeness (QED) is 0.0387. The fraction of sp³-hybridized carbons (Fsp3) is 0.636. The first kappa shape index (κ1) is 46.2. The molecule has 3 rings (SSSR count). The molecule has 55 heavy (non-hydrogen) atoms. The molecule has 2 amide bonds. The minimum atomic E-state index is -1.02. The summed E-state index contributed by atoms with van der Waals surface area (Å²) in [6, 6.07) is 15.7. The fourth-order valence-electron chi connectivity index (χ4n) is 6.93. The predicted octanol–water partition coefficient (Wildman–Crippen LogP) is 10.7. The number of amides is 2. The van der Waals surface area contributed by atoms with E-state index < -0.39 is 24.1 Å². The number of carboxylic acids is 1. The van der Waals surface area contributed by atoms with E-state index in [1.807, 2.05) is 31.2 Å². The van der Waals surface area contributed by atoms with Gasteiger partial charge in [0.15, 0.2) is 0 Å². The Balaban J connectivity index is 1.40. The Morgan fingerprint density at radius 1 is 0.727 bits per heavy atom. The SMILES string of the molecule is CCCCCCCCCCCCCCSSC[C@H](NC(=O)OCC1c2ccccc2-c2ccccc21)C(=O)NCCCCC(CC)COC(=O)CCC(=O)O. The molecule has 0 spiro atoms. The van der Waals surface area contributed by atoms with Crippen molar-refractivity contribution >= 4 is 45.5 Å². The number of carboxylic acid groups (broad SMARTS) is 1. The standard InChI is InChI=1S/C44H66N2O7S2/c1-3-5-6-7-8-9-10-11-12-13-14-21-30-54-55-33-40(43(50)45-29-20-19-22-34(4-2)31-52-42(49)28-27-41(47)48)46-44(51)53-32-39-37-25-17-15-23-35(37)36-24-16-18-26-38(36)39/h15-18,23-26,34,39-40H,3-14,19-22,27-33H2,1-2H3,(H,45,50)(H,46,51)(H,47,48)/t34?,40-/m0/s1. The largest absolute Gasteiger partial charge is 0.481 e. The molecule has 11 heteroatoms. The lowest BCUT2D eigenvalue weighted by atomic mass is 9.98. The molecule has 3 N–H and O–H groups in total. The van der Waals surface area contributed by atoms with Crippen LogP contribution in [0, 0.1) is 5.92 Å². The van der Waals surface area contributed by atoms with E-state index in [0.29, 0.717) is 12.3 Å². The third-order valence-corrected chi connectivity index (χ3v) is 12.8. The van der Waals surface area contributed by atoms with E-state index in [4.69, 9.17) is 14.6 Å². The number of benzene rings is 2. The number of carbonyl (C=O) groups excluding carboxylic acids is 3. The van der Waals surface area contributed by atoms with E-state index in [1.54, 1.807) is 21.6 Å². The zero-order chi connectivity index (χ0) is 39.5. The highest BCUT2D eigenvalue weighted by Gasteiger charge is 2.30. The van der Waals surface area contributed by atoms with Gasteiger partial charge in [0.05, 0.1) is 19.4 Å². The van der Waals surface area contributed by atoms with E-state index in [9.17, 15) is 19.2 Å². The summed E-state index contributed by atoms with van der Waals surface area (Å²) in [6.07, 6.45) is 18.1. The highest BCUT2D eigenvalue weighted by Crippen LogP contribution is 2.44. The van der Waals surface area contributed by atoms with Crippen molar-refractivity contribution in [1.82, 2.24) is 10.6 Å². The first-order chi connectivity index (χ1) is 26.8. The highest BCUT2D eigenvalue weighted by atomic mass is 33.1.